The van der Waals surface area contributed by atoms with E-state index in [1.54, 1.807) is 24.3 Å². The van der Waals surface area contributed by atoms with Crippen molar-refractivity contribution in [3.63, 3.8) is 0 Å². The average molecular weight is 359 g/mol. The fraction of sp³-hybridized carbons (Fsp3) is 0.278. The SMILES string of the molecule is CCOc1ccc(OCCNC(=O)CNc2cccc([N+](=O)[O-])c2)cc1. The minimum atomic E-state index is -0.483. The van der Waals surface area contributed by atoms with Crippen molar-refractivity contribution in [1.29, 1.82) is 0 Å². The van der Waals surface area contributed by atoms with Crippen molar-refractivity contribution in [2.45, 2.75) is 6.92 Å². The molecule has 0 fully saturated rings. The Morgan fingerprint density at radius 1 is 1.12 bits per heavy atom. The van der Waals surface area contributed by atoms with Crippen LogP contribution < -0.4 is 20.1 Å². The lowest BCUT2D eigenvalue weighted by Gasteiger charge is -2.10. The summed E-state index contributed by atoms with van der Waals surface area (Å²) in [5.74, 6) is 1.24. The van der Waals surface area contributed by atoms with Gasteiger partial charge in [-0.1, -0.05) is 6.07 Å². The van der Waals surface area contributed by atoms with Crippen LogP contribution in [0.5, 0.6) is 11.5 Å². The van der Waals surface area contributed by atoms with E-state index in [1.165, 1.54) is 12.1 Å². The Kier molecular flexibility index (Phi) is 7.23. The number of carbonyl (C=O) groups is 1. The normalized spacial score (nSPS) is 10.0. The van der Waals surface area contributed by atoms with E-state index in [1.807, 2.05) is 19.1 Å². The minimum Gasteiger partial charge on any atom is -0.494 e. The molecule has 0 saturated heterocycles. The van der Waals surface area contributed by atoms with Gasteiger partial charge in [-0.05, 0) is 37.3 Å². The summed E-state index contributed by atoms with van der Waals surface area (Å²) in [5, 5.41) is 16.3. The molecule has 138 valence electrons. The zero-order valence-corrected chi connectivity index (χ0v) is 14.4. The zero-order chi connectivity index (χ0) is 18.8. The molecular formula is C18H21N3O5. The minimum absolute atomic E-state index is 0.0181. The van der Waals surface area contributed by atoms with Crippen molar-refractivity contribution in [3.8, 4) is 11.5 Å². The van der Waals surface area contributed by atoms with Gasteiger partial charge in [0.05, 0.1) is 24.6 Å². The molecule has 0 atom stereocenters. The third-order valence-electron chi connectivity index (χ3n) is 3.34. The molecular weight excluding hydrogens is 338 g/mol. The van der Waals surface area contributed by atoms with Crippen LogP contribution in [0.3, 0.4) is 0 Å². The Balaban J connectivity index is 1.66. The third kappa shape index (κ3) is 6.31. The number of carbonyl (C=O) groups excluding carboxylic acids is 1. The molecule has 0 unspecified atom stereocenters. The lowest BCUT2D eigenvalue weighted by molar-refractivity contribution is -0.384. The summed E-state index contributed by atoms with van der Waals surface area (Å²) in [4.78, 5) is 22.0. The van der Waals surface area contributed by atoms with Crippen molar-refractivity contribution < 1.29 is 19.2 Å². The van der Waals surface area contributed by atoms with Gasteiger partial charge in [-0.25, -0.2) is 0 Å². The highest BCUT2D eigenvalue weighted by Gasteiger charge is 2.06. The highest BCUT2D eigenvalue weighted by molar-refractivity contribution is 5.80. The summed E-state index contributed by atoms with van der Waals surface area (Å²) in [5.41, 5.74) is 0.485. The molecule has 0 aliphatic carbocycles. The monoisotopic (exact) mass is 359 g/mol. The Morgan fingerprint density at radius 2 is 1.81 bits per heavy atom. The topological polar surface area (TPSA) is 103 Å². The second-order valence-electron chi connectivity index (χ2n) is 5.26. The van der Waals surface area contributed by atoms with Crippen LogP contribution in [0, 0.1) is 10.1 Å². The second-order valence-corrected chi connectivity index (χ2v) is 5.26. The van der Waals surface area contributed by atoms with Gasteiger partial charge in [-0.2, -0.15) is 0 Å². The third-order valence-corrected chi connectivity index (χ3v) is 3.34. The van der Waals surface area contributed by atoms with Crippen LogP contribution in [0.2, 0.25) is 0 Å². The predicted octanol–water partition coefficient (Wildman–Crippen LogP) is 2.60. The fourth-order valence-electron chi connectivity index (χ4n) is 2.13. The van der Waals surface area contributed by atoms with E-state index in [0.717, 1.165) is 5.75 Å². The van der Waals surface area contributed by atoms with Crippen LogP contribution in [0.25, 0.3) is 0 Å². The van der Waals surface area contributed by atoms with E-state index >= 15 is 0 Å². The van der Waals surface area contributed by atoms with Gasteiger partial charge in [0.25, 0.3) is 5.69 Å². The van der Waals surface area contributed by atoms with Crippen molar-refractivity contribution in [3.05, 3.63) is 58.6 Å². The Hall–Kier alpha value is -3.29. The van der Waals surface area contributed by atoms with Gasteiger partial charge in [0.2, 0.25) is 5.91 Å². The summed E-state index contributed by atoms with van der Waals surface area (Å²) < 4.78 is 10.9. The molecule has 1 amide bonds. The van der Waals surface area contributed by atoms with Crippen LogP contribution in [0.1, 0.15) is 6.92 Å². The highest BCUT2D eigenvalue weighted by Crippen LogP contribution is 2.17. The van der Waals surface area contributed by atoms with Crippen molar-refractivity contribution in [2.75, 3.05) is 31.6 Å². The number of hydrogen-bond donors (Lipinski definition) is 2. The summed E-state index contributed by atoms with van der Waals surface area (Å²) in [6.07, 6.45) is 0. The number of amides is 1. The summed E-state index contributed by atoms with van der Waals surface area (Å²) in [6, 6.07) is 13.2. The molecule has 0 heterocycles. The van der Waals surface area contributed by atoms with Gasteiger partial charge in [0, 0.05) is 17.8 Å². The molecule has 8 heteroatoms. The van der Waals surface area contributed by atoms with Gasteiger partial charge < -0.3 is 20.1 Å². The number of rotatable bonds is 10. The van der Waals surface area contributed by atoms with Crippen LogP contribution in [0.4, 0.5) is 11.4 Å². The second kappa shape index (κ2) is 9.87. The van der Waals surface area contributed by atoms with Crippen molar-refractivity contribution in [1.82, 2.24) is 5.32 Å². The molecule has 8 nitrogen and oxygen atoms in total. The van der Waals surface area contributed by atoms with E-state index in [0.29, 0.717) is 31.2 Å². The van der Waals surface area contributed by atoms with Gasteiger partial charge in [-0.3, -0.25) is 14.9 Å². The van der Waals surface area contributed by atoms with Gasteiger partial charge in [0.15, 0.2) is 0 Å². The molecule has 0 aliphatic rings. The smallest absolute Gasteiger partial charge is 0.271 e. The molecule has 26 heavy (non-hydrogen) atoms. The maximum Gasteiger partial charge on any atom is 0.271 e. The Bertz CT molecular complexity index is 734. The molecule has 0 radical (unpaired) electrons. The lowest BCUT2D eigenvalue weighted by atomic mass is 10.3. The van der Waals surface area contributed by atoms with E-state index in [4.69, 9.17) is 9.47 Å². The first-order valence-electron chi connectivity index (χ1n) is 8.19. The first-order chi connectivity index (χ1) is 12.6. The molecule has 0 bridgehead atoms. The Morgan fingerprint density at radius 3 is 2.46 bits per heavy atom. The number of anilines is 1. The van der Waals surface area contributed by atoms with E-state index < -0.39 is 4.92 Å². The number of nitro benzene ring substituents is 1. The summed E-state index contributed by atoms with van der Waals surface area (Å²) >= 11 is 0. The van der Waals surface area contributed by atoms with Crippen LogP contribution >= 0.6 is 0 Å². The van der Waals surface area contributed by atoms with Crippen LogP contribution in [0.15, 0.2) is 48.5 Å². The number of non-ortho nitro benzene ring substituents is 1. The summed E-state index contributed by atoms with van der Waals surface area (Å²) in [6.45, 7) is 3.22. The quantitative estimate of drug-likeness (QED) is 0.384. The highest BCUT2D eigenvalue weighted by atomic mass is 16.6. The maximum atomic E-state index is 11.8. The van der Waals surface area contributed by atoms with E-state index in [9.17, 15) is 14.9 Å². The van der Waals surface area contributed by atoms with Gasteiger partial charge in [0.1, 0.15) is 18.1 Å². The van der Waals surface area contributed by atoms with E-state index in [2.05, 4.69) is 10.6 Å². The largest absolute Gasteiger partial charge is 0.494 e. The number of benzene rings is 2. The van der Waals surface area contributed by atoms with E-state index in [-0.39, 0.29) is 18.1 Å². The van der Waals surface area contributed by atoms with Crippen LogP contribution in [-0.2, 0) is 4.79 Å². The number of nitrogens with zero attached hydrogens (tertiary/aromatic N) is 1. The average Bonchev–Trinajstić information content (AvgIpc) is 2.65. The first kappa shape index (κ1) is 19.0. The molecule has 0 spiro atoms. The van der Waals surface area contributed by atoms with Crippen LogP contribution in [-0.4, -0.2) is 37.1 Å². The lowest BCUT2D eigenvalue weighted by Crippen LogP contribution is -2.33. The molecule has 2 rings (SSSR count). The number of nitro groups is 1. The first-order valence-corrected chi connectivity index (χ1v) is 8.19. The standard InChI is InChI=1S/C18H21N3O5/c1-2-25-16-6-8-17(9-7-16)26-11-10-19-18(22)13-20-14-4-3-5-15(12-14)21(23)24/h3-9,12,20H,2,10-11,13H2,1H3,(H,19,22). The van der Waals surface area contributed by atoms with Crippen molar-refractivity contribution >= 4 is 17.3 Å². The molecule has 2 aromatic rings. The molecule has 2 aromatic carbocycles. The number of ether oxygens (including phenoxy) is 2. The molecule has 0 aliphatic heterocycles. The molecule has 0 saturated carbocycles. The number of nitrogens with one attached hydrogen (secondary N) is 2. The summed E-state index contributed by atoms with van der Waals surface area (Å²) in [7, 11) is 0. The number of hydrogen-bond acceptors (Lipinski definition) is 6. The Labute approximate surface area is 151 Å². The van der Waals surface area contributed by atoms with Gasteiger partial charge in [-0.15, -0.1) is 0 Å². The maximum absolute atomic E-state index is 11.8. The van der Waals surface area contributed by atoms with Gasteiger partial charge >= 0.3 is 0 Å². The molecule has 2 N–H and O–H groups in total. The fourth-order valence-corrected chi connectivity index (χ4v) is 2.13. The van der Waals surface area contributed by atoms with Crippen molar-refractivity contribution in [2.24, 2.45) is 0 Å². The molecule has 0 aromatic heterocycles. The predicted molar refractivity (Wildman–Crippen MR) is 97.7 cm³/mol. The zero-order valence-electron chi connectivity index (χ0n) is 14.4.